The van der Waals surface area contributed by atoms with Crippen LogP contribution in [0.5, 0.6) is 11.5 Å². The Kier molecular flexibility index (Phi) is 8.98. The maximum Gasteiger partial charge on any atom is 0.337 e. The number of carboxylic acid groups (broad SMARTS) is 1. The summed E-state index contributed by atoms with van der Waals surface area (Å²) < 4.78 is 10.7. The fourth-order valence-corrected chi connectivity index (χ4v) is 5.55. The van der Waals surface area contributed by atoms with Gasteiger partial charge in [-0.3, -0.25) is 19.9 Å². The number of anilines is 1. The van der Waals surface area contributed by atoms with Gasteiger partial charge in [0.2, 0.25) is 5.95 Å². The van der Waals surface area contributed by atoms with Crippen LogP contribution in [-0.2, 0) is 11.3 Å². The zero-order chi connectivity index (χ0) is 29.6. The summed E-state index contributed by atoms with van der Waals surface area (Å²) in [5.74, 6) is 0.628. The van der Waals surface area contributed by atoms with Gasteiger partial charge < -0.3 is 24.8 Å². The molecule has 2 aliphatic rings. The molecule has 0 saturated carbocycles. The van der Waals surface area contributed by atoms with E-state index in [9.17, 15) is 19.5 Å². The molecule has 0 atom stereocenters. The minimum Gasteiger partial charge on any atom is -0.497 e. The summed E-state index contributed by atoms with van der Waals surface area (Å²) in [4.78, 5) is 51.2. The largest absolute Gasteiger partial charge is 0.497 e. The second-order valence-electron chi connectivity index (χ2n) is 9.81. The maximum atomic E-state index is 12.1. The number of thioether (sulfide) groups is 1. The molecular weight excluding hydrogens is 560 g/mol. The van der Waals surface area contributed by atoms with E-state index < -0.39 is 11.9 Å². The zero-order valence-corrected chi connectivity index (χ0v) is 23.9. The molecule has 0 bridgehead atoms. The van der Waals surface area contributed by atoms with Gasteiger partial charge in [-0.1, -0.05) is 0 Å². The fourth-order valence-electron chi connectivity index (χ4n) is 4.88. The molecule has 0 unspecified atom stereocenters. The molecule has 2 saturated heterocycles. The number of aromatic nitrogens is 3. The SMILES string of the molecule is COc1ccc(-c2ncc(CNCC3CCN(c4nccc(C=C5SC(=O)NC5=O)n4)CC3)cc2C(=O)O)c(OC)c1. The highest BCUT2D eigenvalue weighted by molar-refractivity contribution is 8.18. The van der Waals surface area contributed by atoms with Crippen molar-refractivity contribution >= 4 is 40.9 Å². The van der Waals surface area contributed by atoms with Gasteiger partial charge in [-0.15, -0.1) is 0 Å². The van der Waals surface area contributed by atoms with E-state index in [-0.39, 0.29) is 10.8 Å². The van der Waals surface area contributed by atoms with Crippen molar-refractivity contribution in [3.63, 3.8) is 0 Å². The third-order valence-corrected chi connectivity index (χ3v) is 7.89. The Morgan fingerprint density at radius 1 is 1.17 bits per heavy atom. The van der Waals surface area contributed by atoms with Crippen LogP contribution in [0.4, 0.5) is 10.7 Å². The smallest absolute Gasteiger partial charge is 0.337 e. The van der Waals surface area contributed by atoms with Crippen molar-refractivity contribution in [3.05, 3.63) is 64.5 Å². The van der Waals surface area contributed by atoms with Crippen LogP contribution in [0.15, 0.2) is 47.6 Å². The molecule has 13 heteroatoms. The summed E-state index contributed by atoms with van der Waals surface area (Å²) in [7, 11) is 3.07. The predicted octanol–water partition coefficient (Wildman–Crippen LogP) is 3.58. The quantitative estimate of drug-likeness (QED) is 0.296. The molecule has 2 amide bonds. The molecule has 0 radical (unpaired) electrons. The van der Waals surface area contributed by atoms with Gasteiger partial charge in [-0.25, -0.2) is 14.8 Å². The molecule has 2 aromatic heterocycles. The summed E-state index contributed by atoms with van der Waals surface area (Å²) in [6.07, 6.45) is 6.80. The van der Waals surface area contributed by atoms with Crippen molar-refractivity contribution < 1.29 is 29.0 Å². The highest BCUT2D eigenvalue weighted by atomic mass is 32.2. The summed E-state index contributed by atoms with van der Waals surface area (Å²) in [6.45, 7) is 2.82. The lowest BCUT2D eigenvalue weighted by Crippen LogP contribution is -2.38. The molecule has 2 fully saturated rings. The lowest BCUT2D eigenvalue weighted by Gasteiger charge is -2.32. The summed E-state index contributed by atoms with van der Waals surface area (Å²) >= 11 is 0.859. The van der Waals surface area contributed by atoms with Gasteiger partial charge >= 0.3 is 5.97 Å². The number of hydrogen-bond donors (Lipinski definition) is 3. The number of carbonyl (C=O) groups excluding carboxylic acids is 2. The number of amides is 2. The van der Waals surface area contributed by atoms with Gasteiger partial charge in [0.05, 0.1) is 36.1 Å². The number of imide groups is 1. The van der Waals surface area contributed by atoms with Crippen LogP contribution >= 0.6 is 11.8 Å². The van der Waals surface area contributed by atoms with E-state index in [1.807, 2.05) is 0 Å². The number of hydrogen-bond acceptors (Lipinski definition) is 11. The number of aromatic carboxylic acids is 1. The number of methoxy groups -OCH3 is 2. The normalized spacial score (nSPS) is 16.5. The Labute approximate surface area is 246 Å². The van der Waals surface area contributed by atoms with Crippen molar-refractivity contribution in [3.8, 4) is 22.8 Å². The van der Waals surface area contributed by atoms with Gasteiger partial charge in [0.1, 0.15) is 11.5 Å². The van der Waals surface area contributed by atoms with Crippen molar-refractivity contribution in [1.29, 1.82) is 0 Å². The first kappa shape index (κ1) is 29.0. The molecule has 3 N–H and O–H groups in total. The maximum absolute atomic E-state index is 12.1. The number of carboxylic acids is 1. The third-order valence-electron chi connectivity index (χ3n) is 7.08. The minimum atomic E-state index is -1.06. The Morgan fingerprint density at radius 3 is 2.67 bits per heavy atom. The monoisotopic (exact) mass is 590 g/mol. The van der Waals surface area contributed by atoms with Crippen molar-refractivity contribution in [2.24, 2.45) is 5.92 Å². The lowest BCUT2D eigenvalue weighted by atomic mass is 9.97. The molecule has 1 aromatic carbocycles. The van der Waals surface area contributed by atoms with E-state index in [0.29, 0.717) is 51.8 Å². The molecule has 12 nitrogen and oxygen atoms in total. The fraction of sp³-hybridized carbons (Fsp3) is 0.310. The van der Waals surface area contributed by atoms with Crippen LogP contribution in [0.3, 0.4) is 0 Å². The number of nitrogens with one attached hydrogen (secondary N) is 2. The van der Waals surface area contributed by atoms with Gasteiger partial charge in [-0.05, 0) is 73.0 Å². The lowest BCUT2D eigenvalue weighted by molar-refractivity contribution is -0.115. The molecule has 5 rings (SSSR count). The summed E-state index contributed by atoms with van der Waals surface area (Å²) in [5, 5.41) is 15.2. The van der Waals surface area contributed by atoms with Gasteiger partial charge in [-0.2, -0.15) is 0 Å². The van der Waals surface area contributed by atoms with E-state index in [0.717, 1.165) is 49.8 Å². The standard InChI is InChI=1S/C29H30N6O6S/c1-40-20-3-4-21(23(13-20)41-2)25-22(27(37)38)11-18(16-32-25)15-30-14-17-6-9-35(10-7-17)28-31-8-5-19(33-28)12-24-26(36)34-29(39)42-24/h3-5,8,11-13,16-17,30H,6-7,9-10,14-15H2,1-2H3,(H,37,38)(H,34,36,39). The van der Waals surface area contributed by atoms with E-state index in [2.05, 4.69) is 30.5 Å². The van der Waals surface area contributed by atoms with Crippen LogP contribution in [-0.4, -0.2) is 71.0 Å². The average molecular weight is 591 g/mol. The van der Waals surface area contributed by atoms with Crippen molar-refractivity contribution in [2.45, 2.75) is 19.4 Å². The second kappa shape index (κ2) is 13.0. The van der Waals surface area contributed by atoms with Crippen LogP contribution in [0.1, 0.15) is 34.5 Å². The van der Waals surface area contributed by atoms with Crippen LogP contribution in [0.25, 0.3) is 17.3 Å². The van der Waals surface area contributed by atoms with Crippen molar-refractivity contribution in [2.75, 3.05) is 38.8 Å². The molecular formula is C29H30N6O6S. The molecule has 0 aliphatic carbocycles. The van der Waals surface area contributed by atoms with Crippen molar-refractivity contribution in [1.82, 2.24) is 25.6 Å². The molecule has 0 spiro atoms. The van der Waals surface area contributed by atoms with E-state index in [1.165, 1.54) is 7.11 Å². The van der Waals surface area contributed by atoms with E-state index >= 15 is 0 Å². The number of ether oxygens (including phenoxy) is 2. The molecule has 218 valence electrons. The topological polar surface area (TPSA) is 156 Å². The zero-order valence-electron chi connectivity index (χ0n) is 23.1. The molecule has 42 heavy (non-hydrogen) atoms. The second-order valence-corrected chi connectivity index (χ2v) is 10.8. The number of nitrogens with zero attached hydrogens (tertiary/aromatic N) is 4. The Hall–Kier alpha value is -4.49. The third kappa shape index (κ3) is 6.69. The first-order chi connectivity index (χ1) is 20.3. The van der Waals surface area contributed by atoms with Gasteiger partial charge in [0.25, 0.3) is 11.1 Å². The molecule has 3 aromatic rings. The number of piperidine rings is 1. The summed E-state index contributed by atoms with van der Waals surface area (Å²) in [5.41, 5.74) is 2.35. The minimum absolute atomic E-state index is 0.0997. The number of benzene rings is 1. The summed E-state index contributed by atoms with van der Waals surface area (Å²) in [6, 6.07) is 8.53. The average Bonchev–Trinajstić information content (AvgIpc) is 3.32. The van der Waals surface area contributed by atoms with Crippen LogP contribution in [0, 0.1) is 5.92 Å². The van der Waals surface area contributed by atoms with Crippen LogP contribution in [0.2, 0.25) is 0 Å². The first-order valence-electron chi connectivity index (χ1n) is 13.3. The highest BCUT2D eigenvalue weighted by Crippen LogP contribution is 2.34. The Morgan fingerprint density at radius 2 is 1.98 bits per heavy atom. The number of carbonyl (C=O) groups is 3. The van der Waals surface area contributed by atoms with E-state index in [4.69, 9.17) is 9.47 Å². The number of rotatable bonds is 10. The first-order valence-corrected chi connectivity index (χ1v) is 14.1. The molecule has 2 aliphatic heterocycles. The van der Waals surface area contributed by atoms with E-state index in [1.54, 1.807) is 55.9 Å². The van der Waals surface area contributed by atoms with Gasteiger partial charge in [0, 0.05) is 43.7 Å². The van der Waals surface area contributed by atoms with Gasteiger partial charge in [0.15, 0.2) is 0 Å². The number of pyridine rings is 1. The highest BCUT2D eigenvalue weighted by Gasteiger charge is 2.26. The Bertz CT molecular complexity index is 1540. The molecule has 4 heterocycles. The Balaban J connectivity index is 1.16. The predicted molar refractivity (Wildman–Crippen MR) is 158 cm³/mol. The van der Waals surface area contributed by atoms with Crippen LogP contribution < -0.4 is 25.0 Å².